The average Bonchev–Trinajstić information content (AvgIpc) is 3.13. The van der Waals surface area contributed by atoms with Gasteiger partial charge in [0.05, 0.1) is 25.8 Å². The Bertz CT molecular complexity index is 1520. The second kappa shape index (κ2) is 16.5. The number of nitrogens with one attached hydrogen (secondary N) is 3. The molecule has 0 saturated heterocycles. The van der Waals surface area contributed by atoms with Gasteiger partial charge >= 0.3 is 18.0 Å². The van der Waals surface area contributed by atoms with Crippen LogP contribution in [0.1, 0.15) is 43.4 Å². The van der Waals surface area contributed by atoms with Crippen LogP contribution in [0.4, 0.5) is 27.5 Å². The Kier molecular flexibility index (Phi) is 12.5. The maximum Gasteiger partial charge on any atom is 0.323 e. The number of amides is 4. The SMILES string of the molecule is CC.Cc1ccccc1NC(=O)Nc1ccc(CC(=O)Nc2ccc3c(c2)CN(CCC(=O)O)C(=O)CN3CCC(=O)O)cc1. The maximum absolute atomic E-state index is 12.9. The third-order valence-electron chi connectivity index (χ3n) is 6.90. The zero-order valence-electron chi connectivity index (χ0n) is 25.6. The second-order valence-corrected chi connectivity index (χ2v) is 10.2. The van der Waals surface area contributed by atoms with Crippen molar-refractivity contribution in [3.63, 3.8) is 0 Å². The number of nitrogens with zero attached hydrogens (tertiary/aromatic N) is 2. The van der Waals surface area contributed by atoms with E-state index in [0.29, 0.717) is 28.3 Å². The largest absolute Gasteiger partial charge is 0.481 e. The van der Waals surface area contributed by atoms with Crippen molar-refractivity contribution in [1.29, 1.82) is 0 Å². The fourth-order valence-corrected chi connectivity index (χ4v) is 4.70. The lowest BCUT2D eigenvalue weighted by atomic mass is 10.1. The summed E-state index contributed by atoms with van der Waals surface area (Å²) in [6.45, 7) is 6.06. The molecule has 0 atom stereocenters. The molecule has 0 bridgehead atoms. The molecular weight excluding hydrogens is 578 g/mol. The smallest absolute Gasteiger partial charge is 0.323 e. The number of benzene rings is 3. The fraction of sp³-hybridized carbons (Fsp3) is 0.303. The Labute approximate surface area is 262 Å². The van der Waals surface area contributed by atoms with Gasteiger partial charge in [-0.15, -0.1) is 0 Å². The monoisotopic (exact) mass is 617 g/mol. The molecule has 0 unspecified atom stereocenters. The minimum atomic E-state index is -1.03. The van der Waals surface area contributed by atoms with E-state index >= 15 is 0 Å². The van der Waals surface area contributed by atoms with Crippen molar-refractivity contribution in [3.8, 4) is 0 Å². The number of aliphatic carboxylic acids is 2. The molecule has 0 saturated carbocycles. The minimum absolute atomic E-state index is 0.00930. The lowest BCUT2D eigenvalue weighted by molar-refractivity contribution is -0.139. The van der Waals surface area contributed by atoms with Crippen molar-refractivity contribution in [2.75, 3.05) is 40.5 Å². The predicted molar refractivity (Wildman–Crippen MR) is 173 cm³/mol. The van der Waals surface area contributed by atoms with E-state index in [2.05, 4.69) is 16.0 Å². The van der Waals surface area contributed by atoms with Crippen molar-refractivity contribution in [2.24, 2.45) is 0 Å². The van der Waals surface area contributed by atoms with Gasteiger partial charge in [0.15, 0.2) is 0 Å². The van der Waals surface area contributed by atoms with Gasteiger partial charge in [-0.1, -0.05) is 44.2 Å². The Hall–Kier alpha value is -5.39. The van der Waals surface area contributed by atoms with Crippen LogP contribution in [0.2, 0.25) is 0 Å². The van der Waals surface area contributed by atoms with E-state index in [1.54, 1.807) is 47.4 Å². The summed E-state index contributed by atoms with van der Waals surface area (Å²) in [7, 11) is 0. The van der Waals surface area contributed by atoms with Crippen molar-refractivity contribution in [3.05, 3.63) is 83.4 Å². The first-order valence-electron chi connectivity index (χ1n) is 14.7. The molecule has 1 aliphatic rings. The van der Waals surface area contributed by atoms with Crippen LogP contribution in [0.3, 0.4) is 0 Å². The van der Waals surface area contributed by atoms with Gasteiger partial charge in [0.1, 0.15) is 0 Å². The predicted octanol–water partition coefficient (Wildman–Crippen LogP) is 4.94. The molecule has 0 spiro atoms. The van der Waals surface area contributed by atoms with Gasteiger partial charge in [0, 0.05) is 42.4 Å². The molecule has 12 heteroatoms. The summed E-state index contributed by atoms with van der Waals surface area (Å²) < 4.78 is 0. The number of para-hydroxylation sites is 1. The number of hydrogen-bond acceptors (Lipinski definition) is 6. The summed E-state index contributed by atoms with van der Waals surface area (Å²) >= 11 is 0. The number of anilines is 4. The van der Waals surface area contributed by atoms with E-state index < -0.39 is 11.9 Å². The number of carbonyl (C=O) groups is 5. The molecule has 1 aliphatic heterocycles. The molecule has 4 rings (SSSR count). The van der Waals surface area contributed by atoms with Gasteiger partial charge in [0.2, 0.25) is 11.8 Å². The molecule has 1 heterocycles. The Morgan fingerprint density at radius 3 is 2.02 bits per heavy atom. The minimum Gasteiger partial charge on any atom is -0.481 e. The lowest BCUT2D eigenvalue weighted by Gasteiger charge is -2.23. The highest BCUT2D eigenvalue weighted by atomic mass is 16.4. The van der Waals surface area contributed by atoms with Crippen LogP contribution in [0.5, 0.6) is 0 Å². The lowest BCUT2D eigenvalue weighted by Crippen LogP contribution is -2.38. The molecule has 12 nitrogen and oxygen atoms in total. The van der Waals surface area contributed by atoms with Crippen LogP contribution in [-0.4, -0.2) is 64.5 Å². The molecule has 3 aromatic rings. The van der Waals surface area contributed by atoms with Gasteiger partial charge in [0.25, 0.3) is 0 Å². The summed E-state index contributed by atoms with van der Waals surface area (Å²) in [6.07, 6.45) is -0.328. The van der Waals surface area contributed by atoms with E-state index in [1.807, 2.05) is 45.0 Å². The summed E-state index contributed by atoms with van der Waals surface area (Å²) in [4.78, 5) is 63.4. The summed E-state index contributed by atoms with van der Waals surface area (Å²) in [5, 5.41) is 26.7. The number of fused-ring (bicyclic) bond motifs is 1. The molecule has 0 fully saturated rings. The standard InChI is InChI=1S/C31H33N5O7.C2H6/c1-20-4-2-3-5-25(20)34-31(43)33-23-8-6-21(7-9-23)16-27(37)32-24-10-11-26-22(17-24)18-36(15-13-30(41)42)28(38)19-35(26)14-12-29(39)40;1-2/h2-11,17H,12-16,18-19H2,1H3,(H,32,37)(H,39,40)(H,41,42)(H2,33,34,43);1-2H3. The van der Waals surface area contributed by atoms with Crippen LogP contribution in [-0.2, 0) is 32.1 Å². The maximum atomic E-state index is 12.9. The number of hydrogen-bond donors (Lipinski definition) is 5. The normalized spacial score (nSPS) is 12.2. The molecule has 0 radical (unpaired) electrons. The molecule has 0 aliphatic carbocycles. The van der Waals surface area contributed by atoms with E-state index in [0.717, 1.165) is 11.1 Å². The third kappa shape index (κ3) is 10.4. The second-order valence-electron chi connectivity index (χ2n) is 10.2. The van der Waals surface area contributed by atoms with Crippen LogP contribution in [0.15, 0.2) is 66.7 Å². The molecule has 5 N–H and O–H groups in total. The first-order valence-corrected chi connectivity index (χ1v) is 14.7. The first-order chi connectivity index (χ1) is 21.6. The highest BCUT2D eigenvalue weighted by molar-refractivity contribution is 6.00. The van der Waals surface area contributed by atoms with Crippen LogP contribution in [0, 0.1) is 6.92 Å². The number of carboxylic acid groups (broad SMARTS) is 2. The highest BCUT2D eigenvalue weighted by Crippen LogP contribution is 2.29. The van der Waals surface area contributed by atoms with Gasteiger partial charge < -0.3 is 36.0 Å². The van der Waals surface area contributed by atoms with E-state index in [9.17, 15) is 24.0 Å². The molecule has 4 amide bonds. The topological polar surface area (TPSA) is 168 Å². The van der Waals surface area contributed by atoms with Gasteiger partial charge in [-0.05, 0) is 60.0 Å². The molecule has 45 heavy (non-hydrogen) atoms. The van der Waals surface area contributed by atoms with Gasteiger partial charge in [-0.3, -0.25) is 19.2 Å². The number of carbonyl (C=O) groups excluding carboxylic acids is 3. The molecule has 0 aromatic heterocycles. The van der Waals surface area contributed by atoms with Crippen LogP contribution < -0.4 is 20.9 Å². The van der Waals surface area contributed by atoms with Gasteiger partial charge in [-0.2, -0.15) is 0 Å². The Balaban J connectivity index is 0.00000271. The summed E-state index contributed by atoms with van der Waals surface area (Å²) in [5.41, 5.74) is 4.74. The Morgan fingerprint density at radius 1 is 0.756 bits per heavy atom. The number of urea groups is 1. The van der Waals surface area contributed by atoms with Crippen LogP contribution in [0.25, 0.3) is 0 Å². The zero-order chi connectivity index (χ0) is 32.9. The van der Waals surface area contributed by atoms with Gasteiger partial charge in [-0.25, -0.2) is 4.79 Å². The molecule has 3 aromatic carbocycles. The number of aryl methyl sites for hydroxylation is 1. The molecular formula is C33H39N5O7. The van der Waals surface area contributed by atoms with E-state index in [1.165, 1.54) is 4.90 Å². The zero-order valence-corrected chi connectivity index (χ0v) is 25.6. The fourth-order valence-electron chi connectivity index (χ4n) is 4.70. The van der Waals surface area contributed by atoms with E-state index in [4.69, 9.17) is 10.2 Å². The number of carboxylic acids is 2. The quantitative estimate of drug-likeness (QED) is 0.202. The van der Waals surface area contributed by atoms with Crippen molar-refractivity contribution < 1.29 is 34.2 Å². The van der Waals surface area contributed by atoms with E-state index in [-0.39, 0.29) is 63.3 Å². The van der Waals surface area contributed by atoms with Crippen molar-refractivity contribution in [2.45, 2.75) is 46.6 Å². The summed E-state index contributed by atoms with van der Waals surface area (Å²) in [6, 6.07) is 19.1. The first kappa shape index (κ1) is 34.1. The van der Waals surface area contributed by atoms with Crippen molar-refractivity contribution in [1.82, 2.24) is 4.90 Å². The average molecular weight is 618 g/mol. The Morgan fingerprint density at radius 2 is 1.38 bits per heavy atom. The third-order valence-corrected chi connectivity index (χ3v) is 6.90. The molecule has 238 valence electrons. The number of rotatable bonds is 11. The van der Waals surface area contributed by atoms with Crippen LogP contribution >= 0.6 is 0 Å². The highest BCUT2D eigenvalue weighted by Gasteiger charge is 2.26. The summed E-state index contributed by atoms with van der Waals surface area (Å²) in [5.74, 6) is -2.62. The van der Waals surface area contributed by atoms with Crippen molar-refractivity contribution >= 4 is 52.5 Å².